The molecule has 0 aliphatic heterocycles. The van der Waals surface area contributed by atoms with Crippen LogP contribution in [0, 0.1) is 0 Å². The van der Waals surface area contributed by atoms with E-state index in [-0.39, 0.29) is 6.03 Å². The smallest absolute Gasteiger partial charge is 0.319 e. The molecule has 0 fully saturated rings. The molecular formula is C20H25ClN2O4. The number of methoxy groups -OCH3 is 2. The van der Waals surface area contributed by atoms with Crippen LogP contribution in [0.25, 0.3) is 0 Å². The molecule has 0 heterocycles. The molecule has 2 rings (SSSR count). The van der Waals surface area contributed by atoms with Crippen LogP contribution in [0.15, 0.2) is 36.4 Å². The number of ether oxygens (including phenoxy) is 3. The van der Waals surface area contributed by atoms with Gasteiger partial charge in [-0.3, -0.25) is 0 Å². The van der Waals surface area contributed by atoms with Crippen molar-refractivity contribution in [2.75, 3.05) is 32.7 Å². The van der Waals surface area contributed by atoms with Crippen molar-refractivity contribution in [3.05, 3.63) is 47.0 Å². The summed E-state index contributed by atoms with van der Waals surface area (Å²) in [5.41, 5.74) is 1.57. The fourth-order valence-corrected chi connectivity index (χ4v) is 2.63. The van der Waals surface area contributed by atoms with E-state index in [1.165, 1.54) is 0 Å². The second-order valence-corrected chi connectivity index (χ2v) is 6.25. The Kier molecular flexibility index (Phi) is 8.07. The summed E-state index contributed by atoms with van der Waals surface area (Å²) in [6.07, 6.45) is 1.53. The summed E-state index contributed by atoms with van der Waals surface area (Å²) < 4.78 is 16.1. The monoisotopic (exact) mass is 392 g/mol. The van der Waals surface area contributed by atoms with Crippen LogP contribution < -0.4 is 24.8 Å². The minimum absolute atomic E-state index is 0.320. The lowest BCUT2D eigenvalue weighted by Crippen LogP contribution is -2.30. The van der Waals surface area contributed by atoms with Crippen LogP contribution in [0.1, 0.15) is 18.9 Å². The molecule has 0 bridgehead atoms. The molecule has 2 N–H and O–H groups in total. The maximum Gasteiger partial charge on any atom is 0.319 e. The van der Waals surface area contributed by atoms with Crippen molar-refractivity contribution in [3.8, 4) is 17.2 Å². The average Bonchev–Trinajstić information content (AvgIpc) is 2.67. The van der Waals surface area contributed by atoms with Crippen molar-refractivity contribution in [2.24, 2.45) is 0 Å². The quantitative estimate of drug-likeness (QED) is 0.658. The highest BCUT2D eigenvalue weighted by Crippen LogP contribution is 2.29. The molecule has 0 aliphatic rings. The van der Waals surface area contributed by atoms with Crippen LogP contribution in [0.4, 0.5) is 10.5 Å². The maximum atomic E-state index is 12.2. The number of rotatable bonds is 9. The normalized spacial score (nSPS) is 10.2. The number of urea groups is 1. The summed E-state index contributed by atoms with van der Waals surface area (Å²) in [7, 11) is 3.19. The largest absolute Gasteiger partial charge is 0.493 e. The minimum atomic E-state index is -0.320. The van der Waals surface area contributed by atoms with Gasteiger partial charge in [0.15, 0.2) is 11.5 Å². The summed E-state index contributed by atoms with van der Waals surface area (Å²) in [4.78, 5) is 12.2. The lowest BCUT2D eigenvalue weighted by Gasteiger charge is -2.13. The molecule has 146 valence electrons. The molecule has 0 saturated heterocycles. The molecule has 0 radical (unpaired) electrons. The van der Waals surface area contributed by atoms with Gasteiger partial charge in [0.25, 0.3) is 0 Å². The molecule has 2 aromatic carbocycles. The number of nitrogens with one attached hydrogen (secondary N) is 2. The molecule has 0 aliphatic carbocycles. The Morgan fingerprint density at radius 3 is 2.48 bits per heavy atom. The van der Waals surface area contributed by atoms with Crippen molar-refractivity contribution in [1.82, 2.24) is 5.32 Å². The molecule has 0 aromatic heterocycles. The third-order valence-electron chi connectivity index (χ3n) is 3.80. The molecule has 0 unspecified atom stereocenters. The first-order chi connectivity index (χ1) is 13.1. The molecule has 27 heavy (non-hydrogen) atoms. The highest BCUT2D eigenvalue weighted by Gasteiger charge is 2.09. The Hall–Kier alpha value is -2.60. The number of carbonyl (C=O) groups is 1. The van der Waals surface area contributed by atoms with Crippen LogP contribution in [-0.2, 0) is 6.42 Å². The van der Waals surface area contributed by atoms with Crippen LogP contribution in [0.2, 0.25) is 5.02 Å². The van der Waals surface area contributed by atoms with Crippen LogP contribution >= 0.6 is 11.6 Å². The third kappa shape index (κ3) is 6.25. The van der Waals surface area contributed by atoms with Crippen molar-refractivity contribution >= 4 is 23.3 Å². The van der Waals surface area contributed by atoms with E-state index < -0.39 is 0 Å². The van der Waals surface area contributed by atoms with Crippen LogP contribution in [0.3, 0.4) is 0 Å². The third-order valence-corrected chi connectivity index (χ3v) is 4.03. The van der Waals surface area contributed by atoms with Crippen molar-refractivity contribution < 1.29 is 19.0 Å². The number of hydrogen-bond donors (Lipinski definition) is 2. The first-order valence-electron chi connectivity index (χ1n) is 8.75. The topological polar surface area (TPSA) is 68.8 Å². The predicted molar refractivity (Wildman–Crippen MR) is 108 cm³/mol. The van der Waals surface area contributed by atoms with Gasteiger partial charge in [0.1, 0.15) is 5.75 Å². The van der Waals surface area contributed by atoms with Gasteiger partial charge in [-0.1, -0.05) is 24.6 Å². The van der Waals surface area contributed by atoms with E-state index in [1.54, 1.807) is 32.4 Å². The lowest BCUT2D eigenvalue weighted by atomic mass is 10.1. The van der Waals surface area contributed by atoms with Crippen molar-refractivity contribution in [2.45, 2.75) is 19.8 Å². The summed E-state index contributed by atoms with van der Waals surface area (Å²) >= 11 is 6.02. The Balaban J connectivity index is 1.90. The van der Waals surface area contributed by atoms with Crippen LogP contribution in [0.5, 0.6) is 17.2 Å². The van der Waals surface area contributed by atoms with E-state index in [1.807, 2.05) is 25.1 Å². The number of halogens is 1. The second-order valence-electron chi connectivity index (χ2n) is 5.81. The number of amides is 2. The standard InChI is InChI=1S/C20H25ClN2O4/c1-4-11-27-17-8-6-15(21)13-16(17)23-20(24)22-10-9-14-5-7-18(25-2)19(12-14)26-3/h5-8,12-13H,4,9-11H2,1-3H3,(H2,22,23,24). The molecule has 2 amide bonds. The molecule has 6 nitrogen and oxygen atoms in total. The van der Waals surface area contributed by atoms with Gasteiger partial charge >= 0.3 is 6.03 Å². The number of anilines is 1. The predicted octanol–water partition coefficient (Wildman–Crippen LogP) is 4.51. The minimum Gasteiger partial charge on any atom is -0.493 e. The van der Waals surface area contributed by atoms with Gasteiger partial charge in [0.05, 0.1) is 26.5 Å². The van der Waals surface area contributed by atoms with Crippen LogP contribution in [-0.4, -0.2) is 33.4 Å². The second kappa shape index (κ2) is 10.5. The Bertz CT molecular complexity index is 768. The molecule has 7 heteroatoms. The van der Waals surface area contributed by atoms with E-state index in [4.69, 9.17) is 25.8 Å². The summed E-state index contributed by atoms with van der Waals surface area (Å²) in [6.45, 7) is 3.05. The summed E-state index contributed by atoms with van der Waals surface area (Å²) in [5.74, 6) is 1.93. The highest BCUT2D eigenvalue weighted by molar-refractivity contribution is 6.31. The average molecular weight is 393 g/mol. The Labute approximate surface area is 164 Å². The van der Waals surface area contributed by atoms with E-state index in [9.17, 15) is 4.79 Å². The highest BCUT2D eigenvalue weighted by atomic mass is 35.5. The molecule has 2 aromatic rings. The first-order valence-corrected chi connectivity index (χ1v) is 9.13. The van der Waals surface area contributed by atoms with E-state index in [0.29, 0.717) is 47.5 Å². The van der Waals surface area contributed by atoms with Crippen molar-refractivity contribution in [1.29, 1.82) is 0 Å². The zero-order chi connectivity index (χ0) is 19.6. The lowest BCUT2D eigenvalue weighted by molar-refractivity contribution is 0.252. The molecule has 0 spiro atoms. The fourth-order valence-electron chi connectivity index (χ4n) is 2.46. The maximum absolute atomic E-state index is 12.2. The summed E-state index contributed by atoms with van der Waals surface area (Å²) in [5, 5.41) is 6.14. The van der Waals surface area contributed by atoms with Gasteiger partial charge in [0.2, 0.25) is 0 Å². The number of benzene rings is 2. The molecule has 0 atom stereocenters. The zero-order valence-corrected chi connectivity index (χ0v) is 16.6. The van der Waals surface area contributed by atoms with Gasteiger partial charge in [-0.25, -0.2) is 4.79 Å². The van der Waals surface area contributed by atoms with E-state index in [2.05, 4.69) is 10.6 Å². The SMILES string of the molecule is CCCOc1ccc(Cl)cc1NC(=O)NCCc1ccc(OC)c(OC)c1. The van der Waals surface area contributed by atoms with Gasteiger partial charge < -0.3 is 24.8 Å². The fraction of sp³-hybridized carbons (Fsp3) is 0.350. The van der Waals surface area contributed by atoms with Gasteiger partial charge in [-0.2, -0.15) is 0 Å². The van der Waals surface area contributed by atoms with E-state index >= 15 is 0 Å². The van der Waals surface area contributed by atoms with Gasteiger partial charge in [-0.15, -0.1) is 0 Å². The molecule has 0 saturated carbocycles. The first kappa shape index (κ1) is 20.7. The molecular weight excluding hydrogens is 368 g/mol. The Morgan fingerprint density at radius 2 is 1.78 bits per heavy atom. The Morgan fingerprint density at radius 1 is 1.04 bits per heavy atom. The number of carbonyl (C=O) groups excluding carboxylic acids is 1. The van der Waals surface area contributed by atoms with Gasteiger partial charge in [-0.05, 0) is 48.7 Å². The van der Waals surface area contributed by atoms with E-state index in [0.717, 1.165) is 12.0 Å². The van der Waals surface area contributed by atoms with Gasteiger partial charge in [0, 0.05) is 11.6 Å². The summed E-state index contributed by atoms with van der Waals surface area (Å²) in [6, 6.07) is 10.5. The number of hydrogen-bond acceptors (Lipinski definition) is 4. The zero-order valence-electron chi connectivity index (χ0n) is 15.8. The van der Waals surface area contributed by atoms with Crippen molar-refractivity contribution in [3.63, 3.8) is 0 Å².